The van der Waals surface area contributed by atoms with E-state index < -0.39 is 17.6 Å². The van der Waals surface area contributed by atoms with E-state index in [2.05, 4.69) is 16.8 Å². The third-order valence-corrected chi connectivity index (χ3v) is 6.76. The zero-order chi connectivity index (χ0) is 24.0. The first kappa shape index (κ1) is 22.6. The molecule has 5 rings (SSSR count). The Labute approximate surface area is 195 Å². The monoisotopic (exact) mass is 472 g/mol. The predicted molar refractivity (Wildman–Crippen MR) is 121 cm³/mol. The Kier molecular flexibility index (Phi) is 5.69. The summed E-state index contributed by atoms with van der Waals surface area (Å²) in [4.78, 5) is 25.9. The van der Waals surface area contributed by atoms with E-state index in [4.69, 9.17) is 10.1 Å². The van der Waals surface area contributed by atoms with Crippen molar-refractivity contribution in [1.82, 2.24) is 24.5 Å². The second-order valence-electron chi connectivity index (χ2n) is 9.40. The lowest BCUT2D eigenvalue weighted by Crippen LogP contribution is -2.39. The number of hydrogen-bond acceptors (Lipinski definition) is 5. The number of amides is 1. The maximum Gasteiger partial charge on any atom is 0.416 e. The van der Waals surface area contributed by atoms with Crippen molar-refractivity contribution in [3.8, 4) is 0 Å². The van der Waals surface area contributed by atoms with E-state index in [0.29, 0.717) is 30.2 Å². The Hall–Kier alpha value is -3.17. The molecule has 0 aromatic carbocycles. The van der Waals surface area contributed by atoms with E-state index in [-0.39, 0.29) is 11.7 Å². The van der Waals surface area contributed by atoms with E-state index in [1.807, 2.05) is 19.2 Å². The molecule has 1 amide bonds. The van der Waals surface area contributed by atoms with E-state index in [9.17, 15) is 18.0 Å². The first-order valence-electron chi connectivity index (χ1n) is 11.7. The van der Waals surface area contributed by atoms with Crippen LogP contribution in [0.15, 0.2) is 30.6 Å². The Morgan fingerprint density at radius 1 is 1.15 bits per heavy atom. The number of halogens is 3. The SMILES string of the molecule is Cc1cn2nc(C3CCCCN3C(=O)c3cc(C(F)(F)F)ccn3)cc2nc1N1CC[C@H](C)C1. The Morgan fingerprint density at radius 2 is 1.97 bits per heavy atom. The molecule has 3 aromatic rings. The molecule has 0 N–H and O–H groups in total. The molecule has 2 aliphatic heterocycles. The highest BCUT2D eigenvalue weighted by Crippen LogP contribution is 2.34. The van der Waals surface area contributed by atoms with Gasteiger partial charge in [-0.25, -0.2) is 9.50 Å². The molecule has 2 atom stereocenters. The van der Waals surface area contributed by atoms with Gasteiger partial charge in [-0.3, -0.25) is 9.78 Å². The molecule has 34 heavy (non-hydrogen) atoms. The van der Waals surface area contributed by atoms with Crippen LogP contribution < -0.4 is 4.90 Å². The van der Waals surface area contributed by atoms with Crippen molar-refractivity contribution in [2.75, 3.05) is 24.5 Å². The summed E-state index contributed by atoms with van der Waals surface area (Å²) in [5.74, 6) is 1.07. The lowest BCUT2D eigenvalue weighted by Gasteiger charge is -2.34. The van der Waals surface area contributed by atoms with Gasteiger partial charge in [0.25, 0.3) is 5.91 Å². The fourth-order valence-corrected chi connectivity index (χ4v) is 4.98. The van der Waals surface area contributed by atoms with Crippen molar-refractivity contribution in [1.29, 1.82) is 0 Å². The summed E-state index contributed by atoms with van der Waals surface area (Å²) >= 11 is 0. The number of hydrogen-bond donors (Lipinski definition) is 0. The molecule has 0 aliphatic carbocycles. The van der Waals surface area contributed by atoms with Gasteiger partial charge in [0.1, 0.15) is 11.5 Å². The van der Waals surface area contributed by atoms with Crippen LogP contribution in [-0.2, 0) is 6.18 Å². The summed E-state index contributed by atoms with van der Waals surface area (Å²) in [6.45, 7) is 6.64. The van der Waals surface area contributed by atoms with Gasteiger partial charge in [-0.1, -0.05) is 6.92 Å². The summed E-state index contributed by atoms with van der Waals surface area (Å²) in [6, 6.07) is 3.25. The van der Waals surface area contributed by atoms with Gasteiger partial charge in [0.05, 0.1) is 17.3 Å². The first-order valence-corrected chi connectivity index (χ1v) is 11.7. The molecular weight excluding hydrogens is 445 g/mol. The Bertz CT molecular complexity index is 1220. The molecule has 180 valence electrons. The summed E-state index contributed by atoms with van der Waals surface area (Å²) in [6.07, 6.45) is 1.96. The van der Waals surface area contributed by atoms with Crippen LogP contribution in [-0.4, -0.2) is 50.0 Å². The van der Waals surface area contributed by atoms with Crippen molar-refractivity contribution >= 4 is 17.4 Å². The van der Waals surface area contributed by atoms with Crippen LogP contribution in [0.4, 0.5) is 19.0 Å². The minimum Gasteiger partial charge on any atom is -0.356 e. The summed E-state index contributed by atoms with van der Waals surface area (Å²) < 4.78 is 41.2. The van der Waals surface area contributed by atoms with Crippen LogP contribution in [0, 0.1) is 12.8 Å². The van der Waals surface area contributed by atoms with E-state index >= 15 is 0 Å². The number of aryl methyl sites for hydroxylation is 1. The van der Waals surface area contributed by atoms with Crippen LogP contribution in [0.25, 0.3) is 5.65 Å². The van der Waals surface area contributed by atoms with Gasteiger partial charge in [0, 0.05) is 43.7 Å². The zero-order valence-electron chi connectivity index (χ0n) is 19.2. The number of fused-ring (bicyclic) bond motifs is 1. The minimum atomic E-state index is -4.53. The smallest absolute Gasteiger partial charge is 0.356 e. The van der Waals surface area contributed by atoms with Crippen molar-refractivity contribution in [3.05, 3.63) is 53.1 Å². The van der Waals surface area contributed by atoms with Crippen molar-refractivity contribution in [2.24, 2.45) is 5.92 Å². The fourth-order valence-electron chi connectivity index (χ4n) is 4.98. The maximum absolute atomic E-state index is 13.2. The minimum absolute atomic E-state index is 0.204. The molecule has 0 bridgehead atoms. The number of carbonyl (C=O) groups is 1. The van der Waals surface area contributed by atoms with Crippen molar-refractivity contribution in [3.63, 3.8) is 0 Å². The number of aromatic nitrogens is 4. The average molecular weight is 473 g/mol. The number of piperidine rings is 1. The van der Waals surface area contributed by atoms with Gasteiger partial charge in [-0.15, -0.1) is 0 Å². The standard InChI is InChI=1S/C24H27F3N6O/c1-15-7-10-31(13-15)22-16(2)14-33-21(29-22)12-18(30-33)20-5-3-4-9-32(20)23(34)19-11-17(6-8-28-19)24(25,26)27/h6,8,11-12,14-15,20H,3-5,7,9-10,13H2,1-2H3/t15-,20?/m0/s1. The number of anilines is 1. The number of nitrogens with zero attached hydrogens (tertiary/aromatic N) is 6. The molecule has 0 spiro atoms. The van der Waals surface area contributed by atoms with Crippen molar-refractivity contribution < 1.29 is 18.0 Å². The lowest BCUT2D eigenvalue weighted by atomic mass is 9.98. The maximum atomic E-state index is 13.2. The van der Waals surface area contributed by atoms with Gasteiger partial charge in [-0.2, -0.15) is 18.3 Å². The first-order chi connectivity index (χ1) is 16.2. The van der Waals surface area contributed by atoms with Crippen molar-refractivity contribution in [2.45, 2.75) is 51.7 Å². The topological polar surface area (TPSA) is 66.6 Å². The fraction of sp³-hybridized carbons (Fsp3) is 0.500. The second-order valence-corrected chi connectivity index (χ2v) is 9.40. The number of rotatable bonds is 3. The molecule has 2 saturated heterocycles. The largest absolute Gasteiger partial charge is 0.416 e. The zero-order valence-corrected chi connectivity index (χ0v) is 19.2. The van der Waals surface area contributed by atoms with Crippen LogP contribution >= 0.6 is 0 Å². The van der Waals surface area contributed by atoms with Gasteiger partial charge in [0.15, 0.2) is 5.65 Å². The Balaban J connectivity index is 1.46. The predicted octanol–water partition coefficient (Wildman–Crippen LogP) is 4.67. The molecule has 7 nitrogen and oxygen atoms in total. The summed E-state index contributed by atoms with van der Waals surface area (Å²) in [5, 5.41) is 4.70. The van der Waals surface area contributed by atoms with Gasteiger partial charge in [-0.05, 0) is 50.7 Å². The molecule has 10 heteroatoms. The quantitative estimate of drug-likeness (QED) is 0.555. The third-order valence-electron chi connectivity index (χ3n) is 6.76. The molecule has 5 heterocycles. The Morgan fingerprint density at radius 3 is 2.71 bits per heavy atom. The van der Waals surface area contributed by atoms with Crippen LogP contribution in [0.1, 0.15) is 66.0 Å². The normalized spacial score (nSPS) is 21.4. The number of carbonyl (C=O) groups excluding carboxylic acids is 1. The number of pyridine rings is 1. The molecule has 1 unspecified atom stereocenters. The second kappa shape index (κ2) is 8.56. The van der Waals surface area contributed by atoms with Gasteiger partial charge >= 0.3 is 6.18 Å². The highest BCUT2D eigenvalue weighted by molar-refractivity contribution is 5.92. The summed E-state index contributed by atoms with van der Waals surface area (Å²) in [7, 11) is 0. The summed E-state index contributed by atoms with van der Waals surface area (Å²) in [5.41, 5.74) is 1.34. The lowest BCUT2D eigenvalue weighted by molar-refractivity contribution is -0.137. The van der Waals surface area contributed by atoms with E-state index in [0.717, 1.165) is 62.1 Å². The number of alkyl halides is 3. The van der Waals surface area contributed by atoms with Crippen LogP contribution in [0.3, 0.4) is 0 Å². The highest BCUT2D eigenvalue weighted by Gasteiger charge is 2.35. The van der Waals surface area contributed by atoms with Crippen LogP contribution in [0.5, 0.6) is 0 Å². The molecule has 0 radical (unpaired) electrons. The molecule has 3 aromatic heterocycles. The molecule has 2 fully saturated rings. The number of likely N-dealkylation sites (tertiary alicyclic amines) is 1. The average Bonchev–Trinajstić information content (AvgIpc) is 3.43. The third kappa shape index (κ3) is 4.21. The highest BCUT2D eigenvalue weighted by atomic mass is 19.4. The molecule has 2 aliphatic rings. The van der Waals surface area contributed by atoms with E-state index in [1.54, 1.807) is 9.42 Å². The molecular formula is C24H27F3N6O. The van der Waals surface area contributed by atoms with Gasteiger partial charge in [0.2, 0.25) is 0 Å². The van der Waals surface area contributed by atoms with E-state index in [1.165, 1.54) is 0 Å². The molecule has 0 saturated carbocycles. The van der Waals surface area contributed by atoms with Crippen LogP contribution in [0.2, 0.25) is 0 Å². The van der Waals surface area contributed by atoms with Gasteiger partial charge < -0.3 is 9.80 Å².